The second kappa shape index (κ2) is 9.75. The van der Waals surface area contributed by atoms with Gasteiger partial charge >= 0.3 is 0 Å². The topological polar surface area (TPSA) is 78.7 Å². The molecule has 0 atom stereocenters. The van der Waals surface area contributed by atoms with E-state index in [0.29, 0.717) is 25.0 Å². The molecule has 1 heterocycles. The zero-order chi connectivity index (χ0) is 19.2. The fourth-order valence-electron chi connectivity index (χ4n) is 2.80. The monoisotopic (exact) mass is 447 g/mol. The van der Waals surface area contributed by atoms with Crippen LogP contribution < -0.4 is 10.0 Å². The van der Waals surface area contributed by atoms with Gasteiger partial charge in [0.2, 0.25) is 10.0 Å². The molecule has 0 unspecified atom stereocenters. The Morgan fingerprint density at radius 1 is 1.46 bits per heavy atom. The fraction of sp³-hybridized carbons (Fsp3) is 0.706. The van der Waals surface area contributed by atoms with Crippen LogP contribution in [0.4, 0.5) is 0 Å². The van der Waals surface area contributed by atoms with Crippen molar-refractivity contribution in [1.82, 2.24) is 19.5 Å². The number of nitrogens with one attached hydrogen (secondary N) is 2. The predicted octanol–water partition coefficient (Wildman–Crippen LogP) is 1.90. The van der Waals surface area contributed by atoms with Gasteiger partial charge in [-0.1, -0.05) is 6.42 Å². The van der Waals surface area contributed by atoms with Gasteiger partial charge in [-0.05, 0) is 47.7 Å². The lowest BCUT2D eigenvalue weighted by molar-refractivity contribution is 0.316. The average molecular weight is 448 g/mol. The average Bonchev–Trinajstić information content (AvgIpc) is 2.82. The van der Waals surface area contributed by atoms with Crippen molar-refractivity contribution in [1.29, 1.82) is 0 Å². The zero-order valence-corrected chi connectivity index (χ0v) is 18.2. The first kappa shape index (κ1) is 21.2. The summed E-state index contributed by atoms with van der Waals surface area (Å²) >= 11 is 3.48. The molecule has 1 saturated carbocycles. The SMILES string of the molecule is CCNC(=NCCS(=O)(=O)NCC1CCC1)N(C)Cc1cc(Br)cn1C. The minimum atomic E-state index is -3.27. The highest BCUT2D eigenvalue weighted by Crippen LogP contribution is 2.25. The molecule has 148 valence electrons. The Hall–Kier alpha value is -1.06. The minimum Gasteiger partial charge on any atom is -0.357 e. The molecule has 7 nitrogen and oxygen atoms in total. The molecule has 26 heavy (non-hydrogen) atoms. The summed E-state index contributed by atoms with van der Waals surface area (Å²) < 4.78 is 30.0. The van der Waals surface area contributed by atoms with Crippen molar-refractivity contribution >= 4 is 31.9 Å². The van der Waals surface area contributed by atoms with E-state index in [4.69, 9.17) is 0 Å². The molecule has 0 radical (unpaired) electrons. The van der Waals surface area contributed by atoms with Crippen LogP contribution >= 0.6 is 15.9 Å². The third-order valence-corrected chi connectivity index (χ3v) is 6.37. The van der Waals surface area contributed by atoms with Gasteiger partial charge in [-0.2, -0.15) is 0 Å². The van der Waals surface area contributed by atoms with Crippen LogP contribution in [-0.2, 0) is 23.6 Å². The highest BCUT2D eigenvalue weighted by molar-refractivity contribution is 9.10. The first-order valence-electron chi connectivity index (χ1n) is 9.08. The van der Waals surface area contributed by atoms with Gasteiger partial charge in [0.15, 0.2) is 5.96 Å². The van der Waals surface area contributed by atoms with E-state index in [-0.39, 0.29) is 12.3 Å². The highest BCUT2D eigenvalue weighted by atomic mass is 79.9. The van der Waals surface area contributed by atoms with Gasteiger partial charge in [0.1, 0.15) is 0 Å². The van der Waals surface area contributed by atoms with Crippen molar-refractivity contribution in [3.8, 4) is 0 Å². The Morgan fingerprint density at radius 3 is 2.73 bits per heavy atom. The Labute approximate surface area is 165 Å². The number of aliphatic imine (C=N–C) groups is 1. The van der Waals surface area contributed by atoms with Crippen LogP contribution in [0.1, 0.15) is 31.9 Å². The lowest BCUT2D eigenvalue weighted by atomic mass is 9.86. The molecule has 0 amide bonds. The van der Waals surface area contributed by atoms with Crippen molar-refractivity contribution in [2.75, 3.05) is 32.4 Å². The van der Waals surface area contributed by atoms with E-state index in [1.807, 2.05) is 32.1 Å². The summed E-state index contributed by atoms with van der Waals surface area (Å²) in [6.07, 6.45) is 5.48. The van der Waals surface area contributed by atoms with E-state index in [0.717, 1.165) is 29.6 Å². The van der Waals surface area contributed by atoms with E-state index >= 15 is 0 Å². The van der Waals surface area contributed by atoms with Crippen molar-refractivity contribution in [2.45, 2.75) is 32.7 Å². The Morgan fingerprint density at radius 2 is 2.19 bits per heavy atom. The Kier molecular flexibility index (Phi) is 7.97. The molecule has 1 fully saturated rings. The van der Waals surface area contributed by atoms with Gasteiger partial charge in [0, 0.05) is 43.5 Å². The maximum absolute atomic E-state index is 12.1. The van der Waals surface area contributed by atoms with Crippen LogP contribution in [0.25, 0.3) is 0 Å². The van der Waals surface area contributed by atoms with E-state index in [2.05, 4.69) is 41.6 Å². The highest BCUT2D eigenvalue weighted by Gasteiger charge is 2.20. The second-order valence-electron chi connectivity index (χ2n) is 6.82. The van der Waals surface area contributed by atoms with Crippen molar-refractivity contribution < 1.29 is 8.42 Å². The van der Waals surface area contributed by atoms with Crippen LogP contribution in [0.15, 0.2) is 21.7 Å². The molecule has 1 aromatic heterocycles. The van der Waals surface area contributed by atoms with Crippen LogP contribution in [0.5, 0.6) is 0 Å². The molecule has 0 bridgehead atoms. The van der Waals surface area contributed by atoms with Crippen molar-refractivity contribution in [2.24, 2.45) is 18.0 Å². The Balaban J connectivity index is 1.88. The van der Waals surface area contributed by atoms with Gasteiger partial charge in [-0.3, -0.25) is 4.99 Å². The molecule has 1 aliphatic carbocycles. The molecule has 1 aliphatic rings. The molecule has 2 N–H and O–H groups in total. The molecule has 0 saturated heterocycles. The maximum Gasteiger partial charge on any atom is 0.213 e. The van der Waals surface area contributed by atoms with Gasteiger partial charge in [-0.25, -0.2) is 13.1 Å². The molecule has 0 spiro atoms. The summed E-state index contributed by atoms with van der Waals surface area (Å²) in [6.45, 7) is 4.21. The van der Waals surface area contributed by atoms with Crippen LogP contribution in [0.3, 0.4) is 0 Å². The normalized spacial score (nSPS) is 15.8. The second-order valence-corrected chi connectivity index (χ2v) is 9.66. The van der Waals surface area contributed by atoms with Gasteiger partial charge in [0.05, 0.1) is 18.8 Å². The summed E-state index contributed by atoms with van der Waals surface area (Å²) in [6, 6.07) is 2.06. The molecular formula is C17H30BrN5O2S. The van der Waals surface area contributed by atoms with E-state index < -0.39 is 10.0 Å². The fourth-order valence-corrected chi connectivity index (χ4v) is 4.33. The van der Waals surface area contributed by atoms with E-state index in [1.165, 1.54) is 6.42 Å². The van der Waals surface area contributed by atoms with E-state index in [1.54, 1.807) is 0 Å². The number of hydrogen-bond acceptors (Lipinski definition) is 3. The van der Waals surface area contributed by atoms with Crippen LogP contribution in [0, 0.1) is 5.92 Å². The molecule has 9 heteroatoms. The van der Waals surface area contributed by atoms with Crippen LogP contribution in [-0.4, -0.2) is 56.3 Å². The summed E-state index contributed by atoms with van der Waals surface area (Å²) in [5.74, 6) is 1.23. The van der Waals surface area contributed by atoms with Crippen molar-refractivity contribution in [3.63, 3.8) is 0 Å². The van der Waals surface area contributed by atoms with E-state index in [9.17, 15) is 8.42 Å². The summed E-state index contributed by atoms with van der Waals surface area (Å²) in [7, 11) is 0.683. The molecular weight excluding hydrogens is 418 g/mol. The predicted molar refractivity (Wildman–Crippen MR) is 110 cm³/mol. The number of halogens is 1. The summed E-state index contributed by atoms with van der Waals surface area (Å²) in [5, 5.41) is 3.22. The smallest absolute Gasteiger partial charge is 0.213 e. The number of guanidine groups is 1. The number of nitrogens with zero attached hydrogens (tertiary/aromatic N) is 3. The maximum atomic E-state index is 12.1. The largest absolute Gasteiger partial charge is 0.357 e. The molecule has 2 rings (SSSR count). The zero-order valence-electron chi connectivity index (χ0n) is 15.8. The number of sulfonamides is 1. The molecule has 1 aromatic rings. The lowest BCUT2D eigenvalue weighted by Crippen LogP contribution is -2.39. The first-order valence-corrected chi connectivity index (χ1v) is 11.5. The summed E-state index contributed by atoms with van der Waals surface area (Å²) in [5.41, 5.74) is 1.14. The Bertz CT molecular complexity index is 713. The third kappa shape index (κ3) is 6.59. The third-order valence-electron chi connectivity index (χ3n) is 4.61. The lowest BCUT2D eigenvalue weighted by Gasteiger charge is -2.25. The minimum absolute atomic E-state index is 0.0121. The quantitative estimate of drug-likeness (QED) is 0.447. The molecule has 0 aliphatic heterocycles. The van der Waals surface area contributed by atoms with Crippen LogP contribution in [0.2, 0.25) is 0 Å². The molecule has 0 aromatic carbocycles. The number of aromatic nitrogens is 1. The number of hydrogen-bond donors (Lipinski definition) is 2. The standard InChI is InChI=1S/C17H30BrN5O2S/c1-4-19-17(23(3)13-16-10-15(18)12-22(16)2)20-8-9-26(24,25)21-11-14-6-5-7-14/h10,12,14,21H,4-9,11,13H2,1-3H3,(H,19,20). The van der Waals surface area contributed by atoms with Gasteiger partial charge in [0.25, 0.3) is 0 Å². The number of aryl methyl sites for hydroxylation is 1. The first-order chi connectivity index (χ1) is 12.3. The number of rotatable bonds is 9. The summed E-state index contributed by atoms with van der Waals surface area (Å²) in [4.78, 5) is 6.48. The van der Waals surface area contributed by atoms with Gasteiger partial charge in [-0.15, -0.1) is 0 Å². The van der Waals surface area contributed by atoms with Gasteiger partial charge < -0.3 is 14.8 Å². The van der Waals surface area contributed by atoms with Crippen molar-refractivity contribution in [3.05, 3.63) is 22.4 Å².